The van der Waals surface area contributed by atoms with Crippen molar-refractivity contribution in [2.45, 2.75) is 6.92 Å². The molecule has 172 valence electrons. The van der Waals surface area contributed by atoms with E-state index >= 15 is 0 Å². The van der Waals surface area contributed by atoms with Crippen LogP contribution in [0.15, 0.2) is 77.7 Å². The number of carbonyl (C=O) groups excluding carboxylic acids is 2. The van der Waals surface area contributed by atoms with Crippen molar-refractivity contribution in [3.63, 3.8) is 0 Å². The predicted molar refractivity (Wildman–Crippen MR) is 140 cm³/mol. The molecule has 3 aromatic rings. The van der Waals surface area contributed by atoms with E-state index in [1.807, 2.05) is 55.5 Å². The summed E-state index contributed by atoms with van der Waals surface area (Å²) < 4.78 is 11.4. The molecule has 1 saturated heterocycles. The van der Waals surface area contributed by atoms with Crippen molar-refractivity contribution >= 4 is 57.6 Å². The Morgan fingerprint density at radius 1 is 1.06 bits per heavy atom. The normalized spacial score (nSPS) is 14.4. The summed E-state index contributed by atoms with van der Waals surface area (Å²) >= 11 is 6.69. The molecule has 0 aliphatic carbocycles. The van der Waals surface area contributed by atoms with Crippen LogP contribution in [0.25, 0.3) is 6.08 Å². The molecule has 0 radical (unpaired) electrons. The molecule has 1 heterocycles. The number of aryl methyl sites for hydroxylation is 1. The SMILES string of the molecule is COc1ccccc1N1C(=O)/C(=C\c2ccc(OCC(=O)Nc3ccccc3C)cc2)SC1=S. The second-order valence-electron chi connectivity index (χ2n) is 7.41. The molecule has 1 aliphatic heterocycles. The van der Waals surface area contributed by atoms with Crippen LogP contribution in [0.5, 0.6) is 11.5 Å². The van der Waals surface area contributed by atoms with E-state index in [0.29, 0.717) is 26.4 Å². The Kier molecular flexibility index (Phi) is 7.30. The van der Waals surface area contributed by atoms with Crippen LogP contribution in [-0.4, -0.2) is 29.9 Å². The zero-order chi connectivity index (χ0) is 24.1. The molecule has 0 unspecified atom stereocenters. The molecule has 3 aromatic carbocycles. The van der Waals surface area contributed by atoms with Crippen LogP contribution in [0.4, 0.5) is 11.4 Å². The number of benzene rings is 3. The van der Waals surface area contributed by atoms with Crippen molar-refractivity contribution < 1.29 is 19.1 Å². The molecule has 2 amide bonds. The highest BCUT2D eigenvalue weighted by atomic mass is 32.2. The third kappa shape index (κ3) is 5.30. The number of para-hydroxylation sites is 3. The number of hydrogen-bond donors (Lipinski definition) is 1. The van der Waals surface area contributed by atoms with Crippen LogP contribution in [0.2, 0.25) is 0 Å². The molecule has 1 N–H and O–H groups in total. The smallest absolute Gasteiger partial charge is 0.270 e. The molecule has 0 spiro atoms. The first-order valence-corrected chi connectivity index (χ1v) is 11.7. The number of carbonyl (C=O) groups is 2. The van der Waals surface area contributed by atoms with E-state index in [2.05, 4.69) is 5.32 Å². The molecule has 34 heavy (non-hydrogen) atoms. The maximum atomic E-state index is 13.0. The van der Waals surface area contributed by atoms with Gasteiger partial charge in [0.15, 0.2) is 10.9 Å². The third-order valence-corrected chi connectivity index (χ3v) is 6.39. The highest BCUT2D eigenvalue weighted by Crippen LogP contribution is 2.39. The summed E-state index contributed by atoms with van der Waals surface area (Å²) in [5, 5.41) is 2.84. The van der Waals surface area contributed by atoms with Gasteiger partial charge in [0, 0.05) is 5.69 Å². The van der Waals surface area contributed by atoms with E-state index in [1.165, 1.54) is 16.7 Å². The third-order valence-electron chi connectivity index (χ3n) is 5.09. The van der Waals surface area contributed by atoms with Crippen LogP contribution < -0.4 is 19.7 Å². The van der Waals surface area contributed by atoms with Crippen LogP contribution >= 0.6 is 24.0 Å². The van der Waals surface area contributed by atoms with E-state index < -0.39 is 0 Å². The van der Waals surface area contributed by atoms with Gasteiger partial charge in [-0.2, -0.15) is 0 Å². The van der Waals surface area contributed by atoms with Gasteiger partial charge in [-0.25, -0.2) is 0 Å². The van der Waals surface area contributed by atoms with Crippen LogP contribution in [-0.2, 0) is 9.59 Å². The van der Waals surface area contributed by atoms with Gasteiger partial charge in [-0.1, -0.05) is 66.4 Å². The van der Waals surface area contributed by atoms with Crippen LogP contribution in [0.1, 0.15) is 11.1 Å². The van der Waals surface area contributed by atoms with Gasteiger partial charge < -0.3 is 14.8 Å². The molecule has 0 aromatic heterocycles. The maximum Gasteiger partial charge on any atom is 0.270 e. The van der Waals surface area contributed by atoms with Crippen molar-refractivity contribution in [1.82, 2.24) is 0 Å². The van der Waals surface area contributed by atoms with Gasteiger partial charge in [0.05, 0.1) is 17.7 Å². The Morgan fingerprint density at radius 2 is 1.76 bits per heavy atom. The van der Waals surface area contributed by atoms with E-state index in [-0.39, 0.29) is 18.4 Å². The molecule has 1 aliphatic rings. The zero-order valence-electron chi connectivity index (χ0n) is 18.6. The van der Waals surface area contributed by atoms with Crippen LogP contribution in [0.3, 0.4) is 0 Å². The van der Waals surface area contributed by atoms with Gasteiger partial charge in [-0.3, -0.25) is 14.5 Å². The van der Waals surface area contributed by atoms with Gasteiger partial charge in [0.2, 0.25) is 0 Å². The predicted octanol–water partition coefficient (Wildman–Crippen LogP) is 5.43. The number of methoxy groups -OCH3 is 1. The average molecular weight is 491 g/mol. The maximum absolute atomic E-state index is 13.0. The molecule has 0 saturated carbocycles. The van der Waals surface area contributed by atoms with Gasteiger partial charge in [-0.05, 0) is 54.5 Å². The lowest BCUT2D eigenvalue weighted by Gasteiger charge is -2.17. The zero-order valence-corrected chi connectivity index (χ0v) is 20.2. The quantitative estimate of drug-likeness (QED) is 0.352. The number of amides is 2. The molecule has 0 bridgehead atoms. The van der Waals surface area contributed by atoms with E-state index in [9.17, 15) is 9.59 Å². The molecule has 0 atom stereocenters. The summed E-state index contributed by atoms with van der Waals surface area (Å²) in [6.07, 6.45) is 1.78. The lowest BCUT2D eigenvalue weighted by molar-refractivity contribution is -0.118. The summed E-state index contributed by atoms with van der Waals surface area (Å²) in [4.78, 5) is 27.2. The number of ether oxygens (including phenoxy) is 2. The van der Waals surface area contributed by atoms with Crippen molar-refractivity contribution in [3.05, 3.63) is 88.8 Å². The highest BCUT2D eigenvalue weighted by Gasteiger charge is 2.34. The summed E-state index contributed by atoms with van der Waals surface area (Å²) in [5.74, 6) is 0.692. The molecule has 4 rings (SSSR count). The van der Waals surface area contributed by atoms with Gasteiger partial charge in [0.25, 0.3) is 11.8 Å². The Bertz CT molecular complexity index is 1270. The fourth-order valence-corrected chi connectivity index (χ4v) is 4.63. The first-order valence-electron chi connectivity index (χ1n) is 10.5. The first-order chi connectivity index (χ1) is 16.5. The molecular weight excluding hydrogens is 468 g/mol. The van der Waals surface area contributed by atoms with E-state index in [0.717, 1.165) is 16.8 Å². The number of thiocarbonyl (C=S) groups is 1. The van der Waals surface area contributed by atoms with Gasteiger partial charge in [-0.15, -0.1) is 0 Å². The Labute approximate surface area is 207 Å². The Balaban J connectivity index is 1.40. The average Bonchev–Trinajstić information content (AvgIpc) is 3.12. The first kappa shape index (κ1) is 23.5. The molecular formula is C26H22N2O4S2. The largest absolute Gasteiger partial charge is 0.495 e. The topological polar surface area (TPSA) is 67.9 Å². The number of thioether (sulfide) groups is 1. The van der Waals surface area contributed by atoms with Crippen molar-refractivity contribution in [2.75, 3.05) is 23.9 Å². The number of nitrogens with zero attached hydrogens (tertiary/aromatic N) is 1. The number of anilines is 2. The second-order valence-corrected chi connectivity index (χ2v) is 9.09. The van der Waals surface area contributed by atoms with E-state index in [4.69, 9.17) is 21.7 Å². The van der Waals surface area contributed by atoms with Crippen LogP contribution in [0, 0.1) is 6.92 Å². The van der Waals surface area contributed by atoms with Gasteiger partial charge >= 0.3 is 0 Å². The molecule has 8 heteroatoms. The minimum Gasteiger partial charge on any atom is -0.495 e. The highest BCUT2D eigenvalue weighted by molar-refractivity contribution is 8.27. The van der Waals surface area contributed by atoms with E-state index in [1.54, 1.807) is 37.5 Å². The summed E-state index contributed by atoms with van der Waals surface area (Å²) in [7, 11) is 1.56. The standard InChI is InChI=1S/C26H22N2O4S2/c1-17-7-3-4-8-20(17)27-24(29)16-32-19-13-11-18(12-14-19)15-23-25(30)28(26(33)34-23)21-9-5-6-10-22(21)31-2/h3-15H,16H2,1-2H3,(H,27,29)/b23-15+. The molecule has 1 fully saturated rings. The number of hydrogen-bond acceptors (Lipinski definition) is 6. The van der Waals surface area contributed by atoms with Crippen molar-refractivity contribution in [3.8, 4) is 11.5 Å². The summed E-state index contributed by atoms with van der Waals surface area (Å²) in [6, 6.07) is 22.0. The summed E-state index contributed by atoms with van der Waals surface area (Å²) in [5.41, 5.74) is 3.18. The minimum atomic E-state index is -0.238. The fourth-order valence-electron chi connectivity index (χ4n) is 3.35. The summed E-state index contributed by atoms with van der Waals surface area (Å²) in [6.45, 7) is 1.82. The van der Waals surface area contributed by atoms with Crippen molar-refractivity contribution in [1.29, 1.82) is 0 Å². The Hall–Kier alpha value is -3.62. The Morgan fingerprint density at radius 3 is 2.50 bits per heavy atom. The van der Waals surface area contributed by atoms with Crippen molar-refractivity contribution in [2.24, 2.45) is 0 Å². The number of nitrogens with one attached hydrogen (secondary N) is 1. The lowest BCUT2D eigenvalue weighted by Crippen LogP contribution is -2.27. The monoisotopic (exact) mass is 490 g/mol. The van der Waals surface area contributed by atoms with Gasteiger partial charge in [0.1, 0.15) is 11.5 Å². The minimum absolute atomic E-state index is 0.106. The molecule has 6 nitrogen and oxygen atoms in total. The second kappa shape index (κ2) is 10.5. The lowest BCUT2D eigenvalue weighted by atomic mass is 10.2. The number of rotatable bonds is 7. The fraction of sp³-hybridized carbons (Fsp3) is 0.115.